The lowest BCUT2D eigenvalue weighted by atomic mass is 9.95. The average Bonchev–Trinajstić information content (AvgIpc) is 2.84. The fourth-order valence-corrected chi connectivity index (χ4v) is 3.81. The number of rotatable bonds is 18. The largest absolute Gasteiger partial charge is 0.493 e. The summed E-state index contributed by atoms with van der Waals surface area (Å²) in [5.41, 5.74) is 4.48. The third kappa shape index (κ3) is 10.3. The second kappa shape index (κ2) is 16.1. The first-order valence-electron chi connectivity index (χ1n) is 12.5. The minimum Gasteiger partial charge on any atom is -0.493 e. The number of hydrogen-bond acceptors (Lipinski definition) is 3. The van der Waals surface area contributed by atoms with Gasteiger partial charge >= 0.3 is 0 Å². The van der Waals surface area contributed by atoms with Gasteiger partial charge in [0.05, 0.1) is 19.8 Å². The fourth-order valence-electron chi connectivity index (χ4n) is 3.81. The Balaban J connectivity index is 2.11. The molecule has 0 aliphatic rings. The molecule has 0 unspecified atom stereocenters. The fraction of sp³-hybridized carbons (Fsp3) is 0.467. The van der Waals surface area contributed by atoms with Crippen LogP contribution in [-0.4, -0.2) is 24.9 Å². The molecular weight excluding hydrogens is 408 g/mol. The van der Waals surface area contributed by atoms with Crippen molar-refractivity contribution in [2.45, 2.75) is 71.1 Å². The van der Waals surface area contributed by atoms with Gasteiger partial charge in [-0.05, 0) is 65.8 Å². The summed E-state index contributed by atoms with van der Waals surface area (Å²) < 4.78 is 11.9. The van der Waals surface area contributed by atoms with Crippen molar-refractivity contribution in [3.05, 3.63) is 72.8 Å². The molecule has 0 saturated carbocycles. The third-order valence-electron chi connectivity index (χ3n) is 5.81. The molecule has 0 aromatic heterocycles. The van der Waals surface area contributed by atoms with Crippen molar-refractivity contribution < 1.29 is 14.6 Å². The molecule has 0 radical (unpaired) electrons. The maximum absolute atomic E-state index is 9.16. The SMILES string of the molecule is C=CCCOc1cccc(-c2cc(OCCC(=C)CO)ccc2CCCCCCCCC)c1. The first-order valence-corrected chi connectivity index (χ1v) is 12.5. The van der Waals surface area contributed by atoms with Crippen LogP contribution in [0.4, 0.5) is 0 Å². The van der Waals surface area contributed by atoms with Crippen molar-refractivity contribution >= 4 is 0 Å². The maximum atomic E-state index is 9.16. The molecule has 33 heavy (non-hydrogen) atoms. The predicted octanol–water partition coefficient (Wildman–Crippen LogP) is 7.92. The Hall–Kier alpha value is -2.52. The van der Waals surface area contributed by atoms with E-state index in [0.717, 1.165) is 35.5 Å². The van der Waals surface area contributed by atoms with Gasteiger partial charge in [-0.25, -0.2) is 0 Å². The van der Waals surface area contributed by atoms with Crippen molar-refractivity contribution in [2.75, 3.05) is 19.8 Å². The van der Waals surface area contributed by atoms with Gasteiger partial charge in [0, 0.05) is 6.42 Å². The molecule has 2 rings (SSSR count). The van der Waals surface area contributed by atoms with Gasteiger partial charge < -0.3 is 14.6 Å². The van der Waals surface area contributed by atoms with E-state index in [4.69, 9.17) is 14.6 Å². The molecule has 2 aromatic carbocycles. The molecule has 0 heterocycles. The summed E-state index contributed by atoms with van der Waals surface area (Å²) in [5.74, 6) is 1.72. The Labute approximate surface area is 201 Å². The second-order valence-corrected chi connectivity index (χ2v) is 8.65. The van der Waals surface area contributed by atoms with Crippen LogP contribution in [0, 0.1) is 0 Å². The van der Waals surface area contributed by atoms with E-state index in [9.17, 15) is 0 Å². The molecule has 180 valence electrons. The van der Waals surface area contributed by atoms with E-state index in [-0.39, 0.29) is 6.61 Å². The average molecular weight is 451 g/mol. The van der Waals surface area contributed by atoms with Crippen LogP contribution < -0.4 is 9.47 Å². The van der Waals surface area contributed by atoms with Gasteiger partial charge in [-0.1, -0.05) is 76.3 Å². The van der Waals surface area contributed by atoms with Crippen molar-refractivity contribution in [1.82, 2.24) is 0 Å². The van der Waals surface area contributed by atoms with Gasteiger partial charge in [-0.2, -0.15) is 0 Å². The van der Waals surface area contributed by atoms with Crippen LogP contribution in [0.25, 0.3) is 11.1 Å². The van der Waals surface area contributed by atoms with Gasteiger partial charge in [0.2, 0.25) is 0 Å². The molecule has 3 heteroatoms. The summed E-state index contributed by atoms with van der Waals surface area (Å²) in [4.78, 5) is 0. The zero-order valence-electron chi connectivity index (χ0n) is 20.5. The highest BCUT2D eigenvalue weighted by molar-refractivity contribution is 5.70. The van der Waals surface area contributed by atoms with E-state index in [1.165, 1.54) is 56.1 Å². The zero-order chi connectivity index (χ0) is 23.7. The van der Waals surface area contributed by atoms with E-state index in [0.29, 0.717) is 19.6 Å². The number of unbranched alkanes of at least 4 members (excludes halogenated alkanes) is 6. The Bertz CT molecular complexity index is 840. The monoisotopic (exact) mass is 450 g/mol. The molecule has 2 aromatic rings. The number of hydrogen-bond donors (Lipinski definition) is 1. The summed E-state index contributed by atoms with van der Waals surface area (Å²) >= 11 is 0. The minimum absolute atomic E-state index is 0.00460. The van der Waals surface area contributed by atoms with Crippen LogP contribution in [-0.2, 0) is 6.42 Å². The number of benzene rings is 2. The lowest BCUT2D eigenvalue weighted by Crippen LogP contribution is -2.02. The zero-order valence-corrected chi connectivity index (χ0v) is 20.5. The topological polar surface area (TPSA) is 38.7 Å². The summed E-state index contributed by atoms with van der Waals surface area (Å²) in [6.07, 6.45) is 13.5. The maximum Gasteiger partial charge on any atom is 0.119 e. The van der Waals surface area contributed by atoms with Gasteiger partial charge in [-0.15, -0.1) is 6.58 Å². The van der Waals surface area contributed by atoms with Gasteiger partial charge in [-0.3, -0.25) is 0 Å². The smallest absolute Gasteiger partial charge is 0.119 e. The van der Waals surface area contributed by atoms with Crippen molar-refractivity contribution in [2.24, 2.45) is 0 Å². The predicted molar refractivity (Wildman–Crippen MR) is 140 cm³/mol. The standard InChI is InChI=1S/C30H42O3/c1-4-6-8-9-10-11-12-14-26-17-18-29(33-21-19-25(3)24-31)23-30(26)27-15-13-16-28(22-27)32-20-7-5-2/h5,13,15-18,22-23,31H,2-4,6-12,14,19-21,24H2,1H3. The first-order chi connectivity index (χ1) is 16.2. The molecule has 0 fully saturated rings. The normalized spacial score (nSPS) is 10.7. The van der Waals surface area contributed by atoms with E-state index >= 15 is 0 Å². The Morgan fingerprint density at radius 1 is 0.909 bits per heavy atom. The van der Waals surface area contributed by atoms with Crippen LogP contribution in [0.15, 0.2) is 67.3 Å². The van der Waals surface area contributed by atoms with Crippen LogP contribution in [0.1, 0.15) is 70.3 Å². The molecule has 1 N–H and O–H groups in total. The highest BCUT2D eigenvalue weighted by atomic mass is 16.5. The third-order valence-corrected chi connectivity index (χ3v) is 5.81. The Morgan fingerprint density at radius 2 is 1.64 bits per heavy atom. The summed E-state index contributed by atoms with van der Waals surface area (Å²) in [7, 11) is 0. The summed E-state index contributed by atoms with van der Waals surface area (Å²) in [5, 5.41) is 9.16. The minimum atomic E-state index is 0.00460. The van der Waals surface area contributed by atoms with Crippen LogP contribution in [0.2, 0.25) is 0 Å². The molecule has 0 bridgehead atoms. The van der Waals surface area contributed by atoms with E-state index < -0.39 is 0 Å². The second-order valence-electron chi connectivity index (χ2n) is 8.65. The molecule has 0 spiro atoms. The van der Waals surface area contributed by atoms with Crippen molar-refractivity contribution in [3.63, 3.8) is 0 Å². The molecule has 0 aliphatic heterocycles. The van der Waals surface area contributed by atoms with Crippen molar-refractivity contribution in [1.29, 1.82) is 0 Å². The van der Waals surface area contributed by atoms with Crippen molar-refractivity contribution in [3.8, 4) is 22.6 Å². The molecule has 0 saturated heterocycles. The molecule has 0 amide bonds. The number of aliphatic hydroxyl groups excluding tert-OH is 1. The quantitative estimate of drug-likeness (QED) is 0.185. The van der Waals surface area contributed by atoms with E-state index in [1.807, 2.05) is 12.1 Å². The summed E-state index contributed by atoms with van der Waals surface area (Å²) in [6.45, 7) is 11.0. The van der Waals surface area contributed by atoms with Gasteiger partial charge in [0.1, 0.15) is 11.5 Å². The van der Waals surface area contributed by atoms with Gasteiger partial charge in [0.25, 0.3) is 0 Å². The number of aliphatic hydroxyl groups is 1. The van der Waals surface area contributed by atoms with Crippen LogP contribution in [0.3, 0.4) is 0 Å². The number of aryl methyl sites for hydroxylation is 1. The highest BCUT2D eigenvalue weighted by Gasteiger charge is 2.09. The van der Waals surface area contributed by atoms with E-state index in [2.05, 4.69) is 56.5 Å². The molecule has 0 aliphatic carbocycles. The first kappa shape index (κ1) is 26.7. The number of ether oxygens (including phenoxy) is 2. The lowest BCUT2D eigenvalue weighted by Gasteiger charge is -2.15. The Kier molecular flexibility index (Phi) is 13.1. The van der Waals surface area contributed by atoms with Gasteiger partial charge in [0.15, 0.2) is 0 Å². The van der Waals surface area contributed by atoms with Crippen LogP contribution >= 0.6 is 0 Å². The lowest BCUT2D eigenvalue weighted by molar-refractivity contribution is 0.294. The highest BCUT2D eigenvalue weighted by Crippen LogP contribution is 2.32. The van der Waals surface area contributed by atoms with E-state index in [1.54, 1.807) is 0 Å². The Morgan fingerprint density at radius 3 is 2.39 bits per heavy atom. The molecule has 3 nitrogen and oxygen atoms in total. The molecule has 0 atom stereocenters. The van der Waals surface area contributed by atoms with Crippen LogP contribution in [0.5, 0.6) is 11.5 Å². The summed E-state index contributed by atoms with van der Waals surface area (Å²) in [6, 6.07) is 14.7. The molecular formula is C30H42O3.